The molecule has 0 bridgehead atoms. The minimum absolute atomic E-state index is 0.211. The van der Waals surface area contributed by atoms with Gasteiger partial charge in [-0.15, -0.1) is 11.3 Å². The molecule has 5 heteroatoms. The number of thiophene rings is 1. The van der Waals surface area contributed by atoms with E-state index in [1.54, 1.807) is 29.7 Å². The first kappa shape index (κ1) is 12.0. The van der Waals surface area contributed by atoms with Gasteiger partial charge in [0.25, 0.3) is 5.91 Å². The second-order valence-electron chi connectivity index (χ2n) is 3.23. The van der Waals surface area contributed by atoms with Crippen molar-refractivity contribution >= 4 is 39.4 Å². The summed E-state index contributed by atoms with van der Waals surface area (Å²) in [4.78, 5) is 12.6. The normalized spacial score (nSPS) is 10.6. The van der Waals surface area contributed by atoms with Crippen molar-refractivity contribution in [2.24, 2.45) is 5.10 Å². The first-order valence-corrected chi connectivity index (χ1v) is 6.55. The van der Waals surface area contributed by atoms with Gasteiger partial charge in [0.1, 0.15) is 0 Å². The average Bonchev–Trinajstić information content (AvgIpc) is 2.76. The van der Waals surface area contributed by atoms with Crippen LogP contribution in [-0.4, -0.2) is 12.1 Å². The fourth-order valence-electron chi connectivity index (χ4n) is 1.20. The van der Waals surface area contributed by atoms with Gasteiger partial charge in [-0.05, 0) is 34.1 Å². The van der Waals surface area contributed by atoms with Crippen LogP contribution in [0.2, 0.25) is 0 Å². The number of hydrogen-bond acceptors (Lipinski definition) is 3. The SMILES string of the molecule is O=C(NN=Cc1cc(Br)cs1)c1ccccc1. The summed E-state index contributed by atoms with van der Waals surface area (Å²) in [5.41, 5.74) is 3.07. The van der Waals surface area contributed by atoms with Gasteiger partial charge >= 0.3 is 0 Å². The van der Waals surface area contributed by atoms with Gasteiger partial charge in [-0.1, -0.05) is 18.2 Å². The largest absolute Gasteiger partial charge is 0.271 e. The van der Waals surface area contributed by atoms with E-state index in [0.717, 1.165) is 9.35 Å². The molecule has 1 aromatic heterocycles. The van der Waals surface area contributed by atoms with E-state index in [2.05, 4.69) is 26.5 Å². The van der Waals surface area contributed by atoms with Crippen LogP contribution in [0, 0.1) is 0 Å². The summed E-state index contributed by atoms with van der Waals surface area (Å²) in [5, 5.41) is 5.85. The fourth-order valence-corrected chi connectivity index (χ4v) is 2.51. The van der Waals surface area contributed by atoms with Gasteiger partial charge in [0, 0.05) is 20.3 Å². The molecule has 1 N–H and O–H groups in total. The zero-order chi connectivity index (χ0) is 12.1. The van der Waals surface area contributed by atoms with Crippen molar-refractivity contribution in [2.45, 2.75) is 0 Å². The Balaban J connectivity index is 1.95. The monoisotopic (exact) mass is 308 g/mol. The number of benzene rings is 1. The van der Waals surface area contributed by atoms with Gasteiger partial charge in [0.2, 0.25) is 0 Å². The van der Waals surface area contributed by atoms with Crippen LogP contribution in [0.5, 0.6) is 0 Å². The molecule has 1 heterocycles. The van der Waals surface area contributed by atoms with Crippen molar-refractivity contribution in [2.75, 3.05) is 0 Å². The molecule has 0 saturated carbocycles. The molecule has 2 rings (SSSR count). The fraction of sp³-hybridized carbons (Fsp3) is 0. The predicted molar refractivity (Wildman–Crippen MR) is 73.5 cm³/mol. The minimum atomic E-state index is -0.211. The lowest BCUT2D eigenvalue weighted by Gasteiger charge is -1.97. The van der Waals surface area contributed by atoms with E-state index >= 15 is 0 Å². The highest BCUT2D eigenvalue weighted by Gasteiger charge is 2.01. The van der Waals surface area contributed by atoms with Crippen molar-refractivity contribution in [3.63, 3.8) is 0 Å². The lowest BCUT2D eigenvalue weighted by atomic mass is 10.2. The molecule has 0 fully saturated rings. The van der Waals surface area contributed by atoms with Crippen molar-refractivity contribution in [3.8, 4) is 0 Å². The van der Waals surface area contributed by atoms with Gasteiger partial charge < -0.3 is 0 Å². The summed E-state index contributed by atoms with van der Waals surface area (Å²) in [7, 11) is 0. The third-order valence-corrected chi connectivity index (χ3v) is 3.61. The number of rotatable bonds is 3. The summed E-state index contributed by atoms with van der Waals surface area (Å²) in [6.45, 7) is 0. The first-order valence-electron chi connectivity index (χ1n) is 4.88. The van der Waals surface area contributed by atoms with E-state index in [-0.39, 0.29) is 5.91 Å². The van der Waals surface area contributed by atoms with E-state index in [1.165, 1.54) is 0 Å². The Labute approximate surface area is 111 Å². The van der Waals surface area contributed by atoms with Gasteiger partial charge in [-0.25, -0.2) is 5.43 Å². The van der Waals surface area contributed by atoms with Crippen LogP contribution in [0.3, 0.4) is 0 Å². The second-order valence-corrected chi connectivity index (χ2v) is 5.09. The van der Waals surface area contributed by atoms with Crippen molar-refractivity contribution < 1.29 is 4.79 Å². The Bertz CT molecular complexity index is 536. The molecule has 0 radical (unpaired) electrons. The molecule has 1 aromatic carbocycles. The number of carbonyl (C=O) groups is 1. The topological polar surface area (TPSA) is 41.5 Å². The van der Waals surface area contributed by atoms with E-state index in [1.807, 2.05) is 29.6 Å². The molecule has 0 aliphatic carbocycles. The molecule has 17 heavy (non-hydrogen) atoms. The molecule has 0 atom stereocenters. The van der Waals surface area contributed by atoms with Crippen LogP contribution in [-0.2, 0) is 0 Å². The molecule has 2 aromatic rings. The zero-order valence-corrected chi connectivity index (χ0v) is 11.2. The van der Waals surface area contributed by atoms with E-state index in [4.69, 9.17) is 0 Å². The molecule has 3 nitrogen and oxygen atoms in total. The summed E-state index contributed by atoms with van der Waals surface area (Å²) >= 11 is 4.90. The Kier molecular flexibility index (Phi) is 4.06. The maximum absolute atomic E-state index is 11.6. The van der Waals surface area contributed by atoms with Gasteiger partial charge in [-0.2, -0.15) is 5.10 Å². The summed E-state index contributed by atoms with van der Waals surface area (Å²) in [6, 6.07) is 10.9. The number of halogens is 1. The van der Waals surface area contributed by atoms with E-state index in [0.29, 0.717) is 5.56 Å². The molecule has 0 unspecified atom stereocenters. The van der Waals surface area contributed by atoms with E-state index < -0.39 is 0 Å². The Morgan fingerprint density at radius 3 is 2.76 bits per heavy atom. The highest BCUT2D eigenvalue weighted by Crippen LogP contribution is 2.17. The van der Waals surface area contributed by atoms with Crippen LogP contribution >= 0.6 is 27.3 Å². The van der Waals surface area contributed by atoms with Crippen molar-refractivity contribution in [1.29, 1.82) is 0 Å². The third-order valence-electron chi connectivity index (χ3n) is 1.98. The molecule has 0 aliphatic heterocycles. The number of hydrogen-bond donors (Lipinski definition) is 1. The number of nitrogens with zero attached hydrogens (tertiary/aromatic N) is 1. The highest BCUT2D eigenvalue weighted by molar-refractivity contribution is 9.10. The van der Waals surface area contributed by atoms with Crippen LogP contribution in [0.1, 0.15) is 15.2 Å². The maximum Gasteiger partial charge on any atom is 0.271 e. The molecule has 0 saturated heterocycles. The third kappa shape index (κ3) is 3.51. The van der Waals surface area contributed by atoms with Gasteiger partial charge in [0.15, 0.2) is 0 Å². The molecular weight excluding hydrogens is 300 g/mol. The lowest BCUT2D eigenvalue weighted by molar-refractivity contribution is 0.0955. The number of amides is 1. The summed E-state index contributed by atoms with van der Waals surface area (Å²) in [6.07, 6.45) is 1.62. The van der Waals surface area contributed by atoms with Crippen LogP contribution in [0.15, 0.2) is 51.4 Å². The van der Waals surface area contributed by atoms with E-state index in [9.17, 15) is 4.79 Å². The average molecular weight is 309 g/mol. The second kappa shape index (κ2) is 5.75. The smallest absolute Gasteiger partial charge is 0.267 e. The maximum atomic E-state index is 11.6. The number of hydrazone groups is 1. The van der Waals surface area contributed by atoms with Crippen LogP contribution < -0.4 is 5.43 Å². The molecular formula is C12H9BrN2OS. The Morgan fingerprint density at radius 2 is 2.12 bits per heavy atom. The Hall–Kier alpha value is -1.46. The zero-order valence-electron chi connectivity index (χ0n) is 8.76. The van der Waals surface area contributed by atoms with Crippen LogP contribution in [0.25, 0.3) is 0 Å². The standard InChI is InChI=1S/C12H9BrN2OS/c13-10-6-11(17-8-10)7-14-15-12(16)9-4-2-1-3-5-9/h1-8H,(H,15,16). The highest BCUT2D eigenvalue weighted by atomic mass is 79.9. The predicted octanol–water partition coefficient (Wildman–Crippen LogP) is 3.27. The molecule has 0 aliphatic rings. The molecule has 86 valence electrons. The minimum Gasteiger partial charge on any atom is -0.267 e. The lowest BCUT2D eigenvalue weighted by Crippen LogP contribution is -2.17. The summed E-state index contributed by atoms with van der Waals surface area (Å²) < 4.78 is 1.01. The quantitative estimate of drug-likeness (QED) is 0.686. The number of nitrogens with one attached hydrogen (secondary N) is 1. The number of carbonyl (C=O) groups excluding carboxylic acids is 1. The first-order chi connectivity index (χ1) is 8.25. The Morgan fingerprint density at radius 1 is 1.35 bits per heavy atom. The van der Waals surface area contributed by atoms with Crippen LogP contribution in [0.4, 0.5) is 0 Å². The summed E-state index contributed by atoms with van der Waals surface area (Å²) in [5.74, 6) is -0.211. The van der Waals surface area contributed by atoms with Gasteiger partial charge in [0.05, 0.1) is 6.21 Å². The molecule has 0 spiro atoms. The van der Waals surface area contributed by atoms with Crippen molar-refractivity contribution in [1.82, 2.24) is 5.43 Å². The van der Waals surface area contributed by atoms with Gasteiger partial charge in [-0.3, -0.25) is 4.79 Å². The molecule has 1 amide bonds. The van der Waals surface area contributed by atoms with Crippen molar-refractivity contribution in [3.05, 3.63) is 56.7 Å².